The molecule has 8 nitrogen and oxygen atoms in total. The number of nitrogens with one attached hydrogen (secondary N) is 1. The van der Waals surface area contributed by atoms with Gasteiger partial charge in [0.15, 0.2) is 12.4 Å². The number of nitro benzene ring substituents is 1. The molecule has 28 heavy (non-hydrogen) atoms. The lowest BCUT2D eigenvalue weighted by atomic mass is 10.3. The Bertz CT molecular complexity index is 989. The maximum Gasteiger partial charge on any atom is 0.310 e. The molecule has 3 aromatic carbocycles. The van der Waals surface area contributed by atoms with E-state index in [0.717, 1.165) is 5.69 Å². The van der Waals surface area contributed by atoms with E-state index in [1.165, 1.54) is 18.2 Å². The van der Waals surface area contributed by atoms with Crippen LogP contribution in [0, 0.1) is 10.1 Å². The fraction of sp³-hybridized carbons (Fsp3) is 0.0500. The standard InChI is InChI=1S/C20H16N4O4/c25-20(14-28-19-9-5-4-8-18(19)24(26)27)21-15-10-12-17(13-11-15)23-22-16-6-2-1-3-7-16/h1-13H,14H2,(H,21,25). The topological polar surface area (TPSA) is 106 Å². The molecule has 140 valence electrons. The van der Waals surface area contributed by atoms with Crippen LogP contribution in [0.1, 0.15) is 0 Å². The molecule has 0 atom stereocenters. The van der Waals surface area contributed by atoms with Gasteiger partial charge >= 0.3 is 5.69 Å². The van der Waals surface area contributed by atoms with Crippen molar-refractivity contribution in [1.82, 2.24) is 0 Å². The first-order chi connectivity index (χ1) is 13.6. The fourth-order valence-electron chi connectivity index (χ4n) is 2.29. The maximum absolute atomic E-state index is 12.0. The van der Waals surface area contributed by atoms with E-state index < -0.39 is 10.8 Å². The van der Waals surface area contributed by atoms with E-state index >= 15 is 0 Å². The SMILES string of the molecule is O=C(COc1ccccc1[N+](=O)[O-])Nc1ccc(N=Nc2ccccc2)cc1. The molecule has 0 fully saturated rings. The fourth-order valence-corrected chi connectivity index (χ4v) is 2.29. The molecule has 0 bridgehead atoms. The second kappa shape index (κ2) is 9.04. The van der Waals surface area contributed by atoms with Crippen LogP contribution in [0.15, 0.2) is 89.1 Å². The molecule has 0 saturated carbocycles. The molecular formula is C20H16N4O4. The van der Waals surface area contributed by atoms with Crippen molar-refractivity contribution in [3.05, 3.63) is 89.0 Å². The molecule has 0 saturated heterocycles. The summed E-state index contributed by atoms with van der Waals surface area (Å²) < 4.78 is 5.26. The van der Waals surface area contributed by atoms with Crippen molar-refractivity contribution in [2.24, 2.45) is 10.2 Å². The molecule has 0 spiro atoms. The number of nitrogens with zero attached hydrogens (tertiary/aromatic N) is 3. The van der Waals surface area contributed by atoms with E-state index in [1.54, 1.807) is 30.3 Å². The zero-order valence-electron chi connectivity index (χ0n) is 14.7. The highest BCUT2D eigenvalue weighted by atomic mass is 16.6. The molecule has 0 aromatic heterocycles. The summed E-state index contributed by atoms with van der Waals surface area (Å²) in [6, 6.07) is 22.0. The Morgan fingerprint density at radius 2 is 1.50 bits per heavy atom. The van der Waals surface area contributed by atoms with Crippen LogP contribution in [0.25, 0.3) is 0 Å². The van der Waals surface area contributed by atoms with E-state index in [0.29, 0.717) is 11.4 Å². The molecule has 0 aliphatic carbocycles. The Morgan fingerprint density at radius 1 is 0.893 bits per heavy atom. The number of amides is 1. The lowest BCUT2D eigenvalue weighted by Gasteiger charge is -2.08. The highest BCUT2D eigenvalue weighted by Crippen LogP contribution is 2.25. The molecule has 0 aliphatic heterocycles. The predicted octanol–water partition coefficient (Wildman–Crippen LogP) is 5.03. The monoisotopic (exact) mass is 376 g/mol. The first-order valence-corrected chi connectivity index (χ1v) is 8.35. The normalized spacial score (nSPS) is 10.6. The molecule has 3 aromatic rings. The predicted molar refractivity (Wildman–Crippen MR) is 104 cm³/mol. The molecule has 3 rings (SSSR count). The zero-order valence-corrected chi connectivity index (χ0v) is 14.7. The number of ether oxygens (including phenoxy) is 1. The number of benzene rings is 3. The minimum atomic E-state index is -0.560. The van der Waals surface area contributed by atoms with Crippen molar-refractivity contribution in [2.75, 3.05) is 11.9 Å². The van der Waals surface area contributed by atoms with Gasteiger partial charge in [0.25, 0.3) is 5.91 Å². The van der Waals surface area contributed by atoms with Crippen molar-refractivity contribution in [2.45, 2.75) is 0 Å². The van der Waals surface area contributed by atoms with Crippen LogP contribution in [0.2, 0.25) is 0 Å². The van der Waals surface area contributed by atoms with Crippen LogP contribution in [0.4, 0.5) is 22.7 Å². The molecule has 0 aliphatic rings. The molecule has 1 amide bonds. The lowest BCUT2D eigenvalue weighted by Crippen LogP contribution is -2.20. The number of nitro groups is 1. The smallest absolute Gasteiger partial charge is 0.310 e. The van der Waals surface area contributed by atoms with Gasteiger partial charge in [-0.15, -0.1) is 0 Å². The van der Waals surface area contributed by atoms with Crippen LogP contribution in [0.3, 0.4) is 0 Å². The van der Waals surface area contributed by atoms with E-state index in [4.69, 9.17) is 4.74 Å². The summed E-state index contributed by atoms with van der Waals surface area (Å²) in [5.41, 5.74) is 1.74. The number of anilines is 1. The van der Waals surface area contributed by atoms with Crippen molar-refractivity contribution in [3.8, 4) is 5.75 Å². The highest BCUT2D eigenvalue weighted by molar-refractivity contribution is 5.92. The van der Waals surface area contributed by atoms with Crippen molar-refractivity contribution in [3.63, 3.8) is 0 Å². The van der Waals surface area contributed by atoms with Crippen LogP contribution in [0.5, 0.6) is 5.75 Å². The Hall–Kier alpha value is -4.07. The first-order valence-electron chi connectivity index (χ1n) is 8.35. The second-order valence-corrected chi connectivity index (χ2v) is 5.64. The number of para-hydroxylation sites is 2. The van der Waals surface area contributed by atoms with Crippen molar-refractivity contribution < 1.29 is 14.5 Å². The second-order valence-electron chi connectivity index (χ2n) is 5.64. The van der Waals surface area contributed by atoms with Gasteiger partial charge in [0.05, 0.1) is 16.3 Å². The molecular weight excluding hydrogens is 360 g/mol. The minimum absolute atomic E-state index is 0.0410. The zero-order chi connectivity index (χ0) is 19.8. The van der Waals surface area contributed by atoms with E-state index in [9.17, 15) is 14.9 Å². The minimum Gasteiger partial charge on any atom is -0.477 e. The number of hydrogen-bond donors (Lipinski definition) is 1. The van der Waals surface area contributed by atoms with Gasteiger partial charge in [0.2, 0.25) is 0 Å². The van der Waals surface area contributed by atoms with Crippen LogP contribution in [-0.4, -0.2) is 17.4 Å². The molecule has 0 unspecified atom stereocenters. The average Bonchev–Trinajstić information content (AvgIpc) is 2.72. The number of carbonyl (C=O) groups is 1. The summed E-state index contributed by atoms with van der Waals surface area (Å²) in [4.78, 5) is 22.4. The summed E-state index contributed by atoms with van der Waals surface area (Å²) in [7, 11) is 0. The number of rotatable bonds is 7. The highest BCUT2D eigenvalue weighted by Gasteiger charge is 2.14. The number of carbonyl (C=O) groups excluding carboxylic acids is 1. The lowest BCUT2D eigenvalue weighted by molar-refractivity contribution is -0.385. The van der Waals surface area contributed by atoms with Gasteiger partial charge in [-0.05, 0) is 42.5 Å². The van der Waals surface area contributed by atoms with Crippen LogP contribution in [-0.2, 0) is 4.79 Å². The van der Waals surface area contributed by atoms with Gasteiger partial charge in [0, 0.05) is 11.8 Å². The van der Waals surface area contributed by atoms with Crippen molar-refractivity contribution in [1.29, 1.82) is 0 Å². The van der Waals surface area contributed by atoms with Crippen LogP contribution >= 0.6 is 0 Å². The van der Waals surface area contributed by atoms with Gasteiger partial charge in [-0.3, -0.25) is 14.9 Å². The average molecular weight is 376 g/mol. The first kappa shape index (κ1) is 18.7. The summed E-state index contributed by atoms with van der Waals surface area (Å²) in [5, 5.41) is 21.8. The number of azo groups is 1. The van der Waals surface area contributed by atoms with E-state index in [2.05, 4.69) is 15.5 Å². The maximum atomic E-state index is 12.0. The van der Waals surface area contributed by atoms with Gasteiger partial charge in [0.1, 0.15) is 0 Å². The van der Waals surface area contributed by atoms with Crippen molar-refractivity contribution >= 4 is 28.7 Å². The third kappa shape index (κ3) is 5.21. The van der Waals surface area contributed by atoms with E-state index in [1.807, 2.05) is 30.3 Å². The quantitative estimate of drug-likeness (QED) is 0.354. The Labute approximate surface area is 160 Å². The van der Waals surface area contributed by atoms with Crippen LogP contribution < -0.4 is 10.1 Å². The molecule has 0 radical (unpaired) electrons. The summed E-state index contributed by atoms with van der Waals surface area (Å²) in [6.45, 7) is -0.347. The molecule has 8 heteroatoms. The molecule has 0 heterocycles. The Balaban J connectivity index is 1.55. The Kier molecular flexibility index (Phi) is 6.04. The number of hydrogen-bond acceptors (Lipinski definition) is 6. The van der Waals surface area contributed by atoms with Gasteiger partial charge in [-0.25, -0.2) is 0 Å². The van der Waals surface area contributed by atoms with E-state index in [-0.39, 0.29) is 18.0 Å². The summed E-state index contributed by atoms with van der Waals surface area (Å²) in [6.07, 6.45) is 0. The van der Waals surface area contributed by atoms with Gasteiger partial charge < -0.3 is 10.1 Å². The summed E-state index contributed by atoms with van der Waals surface area (Å²) in [5.74, 6) is -0.392. The Morgan fingerprint density at radius 3 is 2.18 bits per heavy atom. The summed E-state index contributed by atoms with van der Waals surface area (Å²) >= 11 is 0. The van der Waals surface area contributed by atoms with Gasteiger partial charge in [-0.2, -0.15) is 10.2 Å². The van der Waals surface area contributed by atoms with Gasteiger partial charge in [-0.1, -0.05) is 30.3 Å². The third-order valence-corrected chi connectivity index (χ3v) is 3.61. The third-order valence-electron chi connectivity index (χ3n) is 3.61. The molecule has 1 N–H and O–H groups in total. The largest absolute Gasteiger partial charge is 0.477 e.